The maximum absolute atomic E-state index is 14.1. The number of amides is 1. The summed E-state index contributed by atoms with van der Waals surface area (Å²) in [4.78, 5) is 17.5. The van der Waals surface area contributed by atoms with Crippen LogP contribution in [0.25, 0.3) is 0 Å². The standard InChI is InChI=1S/C20H23FN2O4S/c1-13-10-11-16-17(8-5-9-18(16)21)19(13)22-20(24)14-6-4-7-15(12-14)28(25,26)23(2)27-3/h4-9,12-13,19H,10-11H2,1-3H3,(H,22,24)/t13-,19+/m0/s1. The van der Waals surface area contributed by atoms with Gasteiger partial charge in [-0.1, -0.05) is 29.6 Å². The summed E-state index contributed by atoms with van der Waals surface area (Å²) in [6.07, 6.45) is 1.39. The predicted molar refractivity (Wildman–Crippen MR) is 102 cm³/mol. The first-order valence-electron chi connectivity index (χ1n) is 8.97. The molecule has 150 valence electrons. The van der Waals surface area contributed by atoms with Gasteiger partial charge in [0.15, 0.2) is 0 Å². The third-order valence-electron chi connectivity index (χ3n) is 5.19. The molecule has 0 unspecified atom stereocenters. The van der Waals surface area contributed by atoms with Crippen LogP contribution in [-0.2, 0) is 21.3 Å². The summed E-state index contributed by atoms with van der Waals surface area (Å²) in [7, 11) is -1.34. The Morgan fingerprint density at radius 2 is 1.96 bits per heavy atom. The van der Waals surface area contributed by atoms with Crippen LogP contribution in [0.1, 0.15) is 40.9 Å². The highest BCUT2D eigenvalue weighted by Gasteiger charge is 2.30. The first-order chi connectivity index (χ1) is 13.3. The molecule has 0 spiro atoms. The molecule has 0 aromatic heterocycles. The molecule has 8 heteroatoms. The Balaban J connectivity index is 1.89. The Morgan fingerprint density at radius 3 is 2.68 bits per heavy atom. The van der Waals surface area contributed by atoms with Crippen LogP contribution in [0, 0.1) is 11.7 Å². The Kier molecular flexibility index (Phi) is 5.83. The number of hydrogen-bond acceptors (Lipinski definition) is 4. The fourth-order valence-electron chi connectivity index (χ4n) is 3.46. The van der Waals surface area contributed by atoms with Gasteiger partial charge in [0, 0.05) is 12.6 Å². The number of nitrogens with zero attached hydrogens (tertiary/aromatic N) is 1. The number of rotatable bonds is 5. The summed E-state index contributed by atoms with van der Waals surface area (Å²) in [5.74, 6) is -0.546. The number of carbonyl (C=O) groups is 1. The van der Waals surface area contributed by atoms with Crippen LogP contribution in [0.4, 0.5) is 4.39 Å². The highest BCUT2D eigenvalue weighted by atomic mass is 32.2. The SMILES string of the molecule is CON(C)S(=O)(=O)c1cccc(C(=O)N[C@H]2c3cccc(F)c3CC[C@@H]2C)c1. The fourth-order valence-corrected chi connectivity index (χ4v) is 4.48. The lowest BCUT2D eigenvalue weighted by Crippen LogP contribution is -2.36. The lowest BCUT2D eigenvalue weighted by Gasteiger charge is -2.32. The summed E-state index contributed by atoms with van der Waals surface area (Å²) in [5, 5.41) is 2.94. The normalized spacial score (nSPS) is 19.3. The van der Waals surface area contributed by atoms with Crippen molar-refractivity contribution in [3.05, 3.63) is 65.0 Å². The van der Waals surface area contributed by atoms with Crippen molar-refractivity contribution in [3.63, 3.8) is 0 Å². The van der Waals surface area contributed by atoms with E-state index in [0.29, 0.717) is 12.0 Å². The van der Waals surface area contributed by atoms with Crippen LogP contribution in [-0.4, -0.2) is 33.0 Å². The van der Waals surface area contributed by atoms with Crippen molar-refractivity contribution >= 4 is 15.9 Å². The first-order valence-corrected chi connectivity index (χ1v) is 10.4. The summed E-state index contributed by atoms with van der Waals surface area (Å²) >= 11 is 0. The van der Waals surface area contributed by atoms with Crippen molar-refractivity contribution in [2.75, 3.05) is 14.2 Å². The van der Waals surface area contributed by atoms with Crippen LogP contribution in [0.2, 0.25) is 0 Å². The van der Waals surface area contributed by atoms with Gasteiger partial charge in [-0.25, -0.2) is 12.8 Å². The number of nitrogens with one attached hydrogen (secondary N) is 1. The molecule has 0 radical (unpaired) electrons. The van der Waals surface area contributed by atoms with Gasteiger partial charge < -0.3 is 5.32 Å². The zero-order chi connectivity index (χ0) is 20.5. The van der Waals surface area contributed by atoms with Gasteiger partial charge in [0.05, 0.1) is 18.0 Å². The molecule has 1 aliphatic rings. The van der Waals surface area contributed by atoms with E-state index < -0.39 is 15.9 Å². The van der Waals surface area contributed by atoms with Crippen molar-refractivity contribution in [2.45, 2.75) is 30.7 Å². The molecule has 0 saturated carbocycles. The van der Waals surface area contributed by atoms with Gasteiger partial charge in [0.2, 0.25) is 0 Å². The number of benzene rings is 2. The fraction of sp³-hybridized carbons (Fsp3) is 0.350. The molecule has 3 rings (SSSR count). The molecule has 1 N–H and O–H groups in total. The molecule has 1 aliphatic carbocycles. The van der Waals surface area contributed by atoms with Gasteiger partial charge in [0.1, 0.15) is 5.82 Å². The lowest BCUT2D eigenvalue weighted by molar-refractivity contribution is -0.0258. The second kappa shape index (κ2) is 7.98. The maximum Gasteiger partial charge on any atom is 0.264 e. The van der Waals surface area contributed by atoms with Crippen LogP contribution < -0.4 is 5.32 Å². The molecule has 0 heterocycles. The van der Waals surface area contributed by atoms with Gasteiger partial charge in [-0.2, -0.15) is 0 Å². The number of halogens is 1. The predicted octanol–water partition coefficient (Wildman–Crippen LogP) is 3.06. The van der Waals surface area contributed by atoms with Gasteiger partial charge in [-0.15, -0.1) is 0 Å². The van der Waals surface area contributed by atoms with E-state index >= 15 is 0 Å². The van der Waals surface area contributed by atoms with Crippen molar-refractivity contribution in [1.82, 2.24) is 9.79 Å². The van der Waals surface area contributed by atoms with Crippen molar-refractivity contribution in [1.29, 1.82) is 0 Å². The number of fused-ring (bicyclic) bond motifs is 1. The van der Waals surface area contributed by atoms with Gasteiger partial charge in [-0.3, -0.25) is 9.63 Å². The zero-order valence-electron chi connectivity index (χ0n) is 16.0. The Labute approximate surface area is 164 Å². The van der Waals surface area contributed by atoms with E-state index in [2.05, 4.69) is 5.32 Å². The lowest BCUT2D eigenvalue weighted by atomic mass is 9.80. The van der Waals surface area contributed by atoms with E-state index in [1.165, 1.54) is 38.4 Å². The second-order valence-electron chi connectivity index (χ2n) is 6.90. The van der Waals surface area contributed by atoms with Crippen molar-refractivity contribution in [2.24, 2.45) is 5.92 Å². The van der Waals surface area contributed by atoms with Gasteiger partial charge in [-0.05, 0) is 54.2 Å². The van der Waals surface area contributed by atoms with E-state index in [9.17, 15) is 17.6 Å². The average Bonchev–Trinajstić information content (AvgIpc) is 2.69. The van der Waals surface area contributed by atoms with Crippen molar-refractivity contribution < 1.29 is 22.4 Å². The highest BCUT2D eigenvalue weighted by Crippen LogP contribution is 2.35. The molecule has 6 nitrogen and oxygen atoms in total. The molecule has 0 saturated heterocycles. The van der Waals surface area contributed by atoms with E-state index in [4.69, 9.17) is 4.84 Å². The molecule has 0 bridgehead atoms. The summed E-state index contributed by atoms with van der Waals surface area (Å²) < 4.78 is 39.7. The minimum Gasteiger partial charge on any atom is -0.345 e. The molecule has 1 amide bonds. The first kappa shape index (κ1) is 20.4. The van der Waals surface area contributed by atoms with Crippen LogP contribution in [0.15, 0.2) is 47.4 Å². The van der Waals surface area contributed by atoms with Gasteiger partial charge in [0.25, 0.3) is 15.9 Å². The summed E-state index contributed by atoms with van der Waals surface area (Å²) in [6.45, 7) is 2.01. The monoisotopic (exact) mass is 406 g/mol. The largest absolute Gasteiger partial charge is 0.345 e. The molecule has 0 fully saturated rings. The molecule has 28 heavy (non-hydrogen) atoms. The highest BCUT2D eigenvalue weighted by molar-refractivity contribution is 7.89. The third kappa shape index (κ3) is 3.80. The molecule has 2 aromatic carbocycles. The van der Waals surface area contributed by atoms with Crippen LogP contribution in [0.5, 0.6) is 0 Å². The van der Waals surface area contributed by atoms with Crippen molar-refractivity contribution in [3.8, 4) is 0 Å². The molecule has 2 aromatic rings. The maximum atomic E-state index is 14.1. The quantitative estimate of drug-likeness (QED) is 0.775. The zero-order valence-corrected chi connectivity index (χ0v) is 16.8. The number of sulfonamides is 1. The average molecular weight is 406 g/mol. The Morgan fingerprint density at radius 1 is 1.25 bits per heavy atom. The van der Waals surface area contributed by atoms with Crippen LogP contribution >= 0.6 is 0 Å². The minimum absolute atomic E-state index is 0.0485. The number of carbonyl (C=O) groups excluding carboxylic acids is 1. The third-order valence-corrected chi connectivity index (χ3v) is 6.86. The van der Waals surface area contributed by atoms with E-state index in [1.807, 2.05) is 13.0 Å². The topological polar surface area (TPSA) is 75.7 Å². The molecule has 0 aliphatic heterocycles. The summed E-state index contributed by atoms with van der Waals surface area (Å²) in [6, 6.07) is 10.3. The van der Waals surface area contributed by atoms with E-state index in [0.717, 1.165) is 16.5 Å². The molecule has 2 atom stereocenters. The number of hydroxylamine groups is 1. The Hall–Kier alpha value is -2.29. The van der Waals surface area contributed by atoms with Gasteiger partial charge >= 0.3 is 0 Å². The number of hydrogen-bond donors (Lipinski definition) is 1. The summed E-state index contributed by atoms with van der Waals surface area (Å²) in [5.41, 5.74) is 1.61. The smallest absolute Gasteiger partial charge is 0.264 e. The molecular formula is C20H23FN2O4S. The van der Waals surface area contributed by atoms with Crippen LogP contribution in [0.3, 0.4) is 0 Å². The second-order valence-corrected chi connectivity index (χ2v) is 8.84. The molecular weight excluding hydrogens is 383 g/mol. The Bertz CT molecular complexity index is 993. The minimum atomic E-state index is -3.86. The van der Waals surface area contributed by atoms with E-state index in [-0.39, 0.29) is 28.2 Å². The van der Waals surface area contributed by atoms with E-state index in [1.54, 1.807) is 12.1 Å².